The SMILES string of the molecule is C=NC(=N/C=C(\C)c1cccc(CO[Si](C)(C)C(C)(C)C)c1F)N1CC(=NOCCN2CCC2)C1. The number of hydrogen-bond donors (Lipinski definition) is 0. The third-order valence-electron chi connectivity index (χ3n) is 7.08. The molecule has 2 aliphatic rings. The van der Waals surface area contributed by atoms with Crippen molar-refractivity contribution in [3.8, 4) is 0 Å². The molecule has 2 aliphatic heterocycles. The van der Waals surface area contributed by atoms with Crippen LogP contribution in [0.4, 0.5) is 4.39 Å². The number of oxime groups is 1. The summed E-state index contributed by atoms with van der Waals surface area (Å²) in [4.78, 5) is 18.2. The van der Waals surface area contributed by atoms with Crippen LogP contribution in [0.25, 0.3) is 5.57 Å². The van der Waals surface area contributed by atoms with Crippen molar-refractivity contribution in [2.45, 2.75) is 58.9 Å². The van der Waals surface area contributed by atoms with Crippen LogP contribution in [0.5, 0.6) is 0 Å². The van der Waals surface area contributed by atoms with E-state index in [0.29, 0.717) is 42.4 Å². The molecule has 35 heavy (non-hydrogen) atoms. The van der Waals surface area contributed by atoms with E-state index in [1.54, 1.807) is 18.3 Å². The predicted octanol–water partition coefficient (Wildman–Crippen LogP) is 5.16. The molecule has 0 atom stereocenters. The smallest absolute Gasteiger partial charge is 0.225 e. The molecule has 9 heteroatoms. The first-order valence-electron chi connectivity index (χ1n) is 12.3. The topological polar surface area (TPSA) is 62.0 Å². The van der Waals surface area contributed by atoms with Gasteiger partial charge >= 0.3 is 0 Å². The molecule has 7 nitrogen and oxygen atoms in total. The van der Waals surface area contributed by atoms with Crippen LogP contribution >= 0.6 is 0 Å². The Labute approximate surface area is 210 Å². The van der Waals surface area contributed by atoms with E-state index in [4.69, 9.17) is 9.26 Å². The minimum Gasteiger partial charge on any atom is -0.412 e. The van der Waals surface area contributed by atoms with Gasteiger partial charge in [-0.05, 0) is 56.9 Å². The molecule has 0 unspecified atom stereocenters. The number of benzene rings is 1. The van der Waals surface area contributed by atoms with Crippen LogP contribution in [0.1, 0.15) is 45.2 Å². The van der Waals surface area contributed by atoms with Crippen molar-refractivity contribution in [1.29, 1.82) is 0 Å². The van der Waals surface area contributed by atoms with Gasteiger partial charge in [0.15, 0.2) is 8.32 Å². The molecule has 0 bridgehead atoms. The highest BCUT2D eigenvalue weighted by atomic mass is 28.4. The van der Waals surface area contributed by atoms with Crippen molar-refractivity contribution in [1.82, 2.24) is 9.80 Å². The second-order valence-corrected chi connectivity index (χ2v) is 15.6. The van der Waals surface area contributed by atoms with E-state index in [1.807, 2.05) is 17.9 Å². The zero-order valence-corrected chi connectivity index (χ0v) is 23.1. The third-order valence-corrected chi connectivity index (χ3v) is 11.6. The molecule has 0 saturated carbocycles. The molecule has 1 aromatic rings. The first-order valence-corrected chi connectivity index (χ1v) is 15.2. The number of allylic oxidation sites excluding steroid dienone is 1. The number of likely N-dealkylation sites (tertiary alicyclic amines) is 2. The fourth-order valence-electron chi connectivity index (χ4n) is 3.42. The minimum atomic E-state index is -1.97. The van der Waals surface area contributed by atoms with Gasteiger partial charge in [0, 0.05) is 23.9 Å². The summed E-state index contributed by atoms with van der Waals surface area (Å²) in [7, 11) is -1.97. The molecule has 0 radical (unpaired) electrons. The number of aliphatic imine (C=N–C) groups is 2. The lowest BCUT2D eigenvalue weighted by Gasteiger charge is -2.36. The molecular formula is C26H40FN5O2Si. The maximum atomic E-state index is 15.3. The minimum absolute atomic E-state index is 0.0709. The maximum Gasteiger partial charge on any atom is 0.225 e. The van der Waals surface area contributed by atoms with E-state index in [-0.39, 0.29) is 17.5 Å². The molecule has 0 aromatic heterocycles. The van der Waals surface area contributed by atoms with Gasteiger partial charge in [-0.3, -0.25) is 4.90 Å². The fraction of sp³-hybridized carbons (Fsp3) is 0.577. The second-order valence-electron chi connectivity index (χ2n) is 10.8. The Morgan fingerprint density at radius 1 is 1.23 bits per heavy atom. The molecule has 2 heterocycles. The lowest BCUT2D eigenvalue weighted by atomic mass is 10.0. The van der Waals surface area contributed by atoms with E-state index < -0.39 is 8.32 Å². The molecule has 2 saturated heterocycles. The Bertz CT molecular complexity index is 988. The Morgan fingerprint density at radius 3 is 2.54 bits per heavy atom. The zero-order chi connectivity index (χ0) is 25.6. The van der Waals surface area contributed by atoms with E-state index >= 15 is 4.39 Å². The highest BCUT2D eigenvalue weighted by Crippen LogP contribution is 2.37. The molecular weight excluding hydrogens is 461 g/mol. The number of halogens is 1. The molecule has 1 aromatic carbocycles. The summed E-state index contributed by atoms with van der Waals surface area (Å²) < 4.78 is 21.5. The number of rotatable bonds is 9. The van der Waals surface area contributed by atoms with Crippen molar-refractivity contribution in [2.24, 2.45) is 15.1 Å². The lowest BCUT2D eigenvalue weighted by molar-refractivity contribution is 0.0834. The highest BCUT2D eigenvalue weighted by molar-refractivity contribution is 6.74. The van der Waals surface area contributed by atoms with Crippen LogP contribution in [0.15, 0.2) is 39.5 Å². The van der Waals surface area contributed by atoms with Crippen LogP contribution in [-0.2, 0) is 15.9 Å². The second kappa shape index (κ2) is 11.6. The standard InChI is InChI=1S/C26H40FN5O2Si/c1-20(23-11-8-10-21(24(23)27)19-34-35(6,7)26(2,3)4)16-29-25(28-5)32-17-22(18-32)30-33-15-14-31-12-9-13-31/h8,10-11,16H,5,9,12-15,17-19H2,1-4,6-7H3/b20-16+,29-25?. The number of nitrogens with zero attached hydrogens (tertiary/aromatic N) is 5. The van der Waals surface area contributed by atoms with Gasteiger partial charge < -0.3 is 14.2 Å². The van der Waals surface area contributed by atoms with Gasteiger partial charge in [-0.15, -0.1) is 0 Å². The summed E-state index contributed by atoms with van der Waals surface area (Å²) in [6.45, 7) is 21.7. The average Bonchev–Trinajstić information content (AvgIpc) is 2.73. The normalized spacial score (nSPS) is 17.7. The highest BCUT2D eigenvalue weighted by Gasteiger charge is 2.37. The fourth-order valence-corrected chi connectivity index (χ4v) is 4.37. The van der Waals surface area contributed by atoms with Crippen LogP contribution < -0.4 is 0 Å². The van der Waals surface area contributed by atoms with Crippen LogP contribution in [-0.4, -0.2) is 75.8 Å². The average molecular weight is 502 g/mol. The summed E-state index contributed by atoms with van der Waals surface area (Å²) >= 11 is 0. The Kier molecular flexibility index (Phi) is 9.01. The molecule has 3 rings (SSSR count). The Morgan fingerprint density at radius 2 is 1.94 bits per heavy atom. The first-order chi connectivity index (χ1) is 16.5. The monoisotopic (exact) mass is 501 g/mol. The van der Waals surface area contributed by atoms with Crippen LogP contribution in [0, 0.1) is 5.82 Å². The largest absolute Gasteiger partial charge is 0.412 e. The van der Waals surface area contributed by atoms with Crippen molar-refractivity contribution >= 4 is 32.3 Å². The van der Waals surface area contributed by atoms with E-state index in [2.05, 4.69) is 60.6 Å². The van der Waals surface area contributed by atoms with Crippen molar-refractivity contribution in [3.63, 3.8) is 0 Å². The number of hydrogen-bond acceptors (Lipinski definition) is 5. The maximum absolute atomic E-state index is 15.3. The lowest BCUT2D eigenvalue weighted by Crippen LogP contribution is -2.50. The van der Waals surface area contributed by atoms with Gasteiger partial charge in [-0.1, -0.05) is 44.1 Å². The zero-order valence-electron chi connectivity index (χ0n) is 22.1. The quantitative estimate of drug-likeness (QED) is 0.154. The number of guanidine groups is 1. The third kappa shape index (κ3) is 7.08. The first kappa shape index (κ1) is 27.2. The van der Waals surface area contributed by atoms with Gasteiger partial charge in [0.2, 0.25) is 5.96 Å². The Hall–Kier alpha value is -2.36. The van der Waals surface area contributed by atoms with E-state index in [9.17, 15) is 0 Å². The molecule has 2 fully saturated rings. The summed E-state index contributed by atoms with van der Waals surface area (Å²) in [5.41, 5.74) is 2.73. The Balaban J connectivity index is 1.58. The molecule has 0 aliphatic carbocycles. The summed E-state index contributed by atoms with van der Waals surface area (Å²) in [5, 5.41) is 4.27. The van der Waals surface area contributed by atoms with Crippen molar-refractivity contribution in [2.75, 3.05) is 39.3 Å². The van der Waals surface area contributed by atoms with Gasteiger partial charge in [-0.25, -0.2) is 14.4 Å². The predicted molar refractivity (Wildman–Crippen MR) is 145 cm³/mol. The van der Waals surface area contributed by atoms with Crippen LogP contribution in [0.3, 0.4) is 0 Å². The van der Waals surface area contributed by atoms with Gasteiger partial charge in [0.05, 0.1) is 25.4 Å². The van der Waals surface area contributed by atoms with Gasteiger partial charge in [-0.2, -0.15) is 0 Å². The molecule has 0 N–H and O–H groups in total. The van der Waals surface area contributed by atoms with E-state index in [1.165, 1.54) is 6.42 Å². The van der Waals surface area contributed by atoms with Crippen molar-refractivity contribution in [3.05, 3.63) is 41.3 Å². The summed E-state index contributed by atoms with van der Waals surface area (Å²) in [6.07, 6.45) is 2.91. The summed E-state index contributed by atoms with van der Waals surface area (Å²) in [5.74, 6) is 0.221. The van der Waals surface area contributed by atoms with Crippen LogP contribution in [0.2, 0.25) is 18.1 Å². The van der Waals surface area contributed by atoms with Gasteiger partial charge in [0.25, 0.3) is 0 Å². The molecule has 0 spiro atoms. The molecule has 192 valence electrons. The van der Waals surface area contributed by atoms with Gasteiger partial charge in [0.1, 0.15) is 12.4 Å². The van der Waals surface area contributed by atoms with E-state index in [0.717, 1.165) is 25.3 Å². The molecule has 0 amide bonds. The summed E-state index contributed by atoms with van der Waals surface area (Å²) in [6, 6.07) is 5.40. The van der Waals surface area contributed by atoms with Crippen molar-refractivity contribution < 1.29 is 13.7 Å².